The average Bonchev–Trinajstić information content (AvgIpc) is 2.72. The standard InChI is InChI=1S/C14H21NO2/c1-11-5-4-6-12(13(11)16)9-15-10-14(17)7-2-3-8-14/h4-6,15-17H,2-3,7-10H2,1H3. The third kappa shape index (κ3) is 2.99. The predicted octanol–water partition coefficient (Wildman–Crippen LogP) is 2.10. The van der Waals surface area contributed by atoms with E-state index in [2.05, 4.69) is 5.32 Å². The molecular weight excluding hydrogens is 214 g/mol. The Labute approximate surface area is 102 Å². The number of phenols is 1. The second kappa shape index (κ2) is 5.07. The number of hydrogen-bond acceptors (Lipinski definition) is 3. The van der Waals surface area contributed by atoms with Gasteiger partial charge in [0.1, 0.15) is 5.75 Å². The lowest BCUT2D eigenvalue weighted by Crippen LogP contribution is -2.37. The molecular formula is C14H21NO2. The van der Waals surface area contributed by atoms with Crippen LogP contribution in [0, 0.1) is 6.92 Å². The van der Waals surface area contributed by atoms with Crippen LogP contribution in [0.15, 0.2) is 18.2 Å². The first-order chi connectivity index (χ1) is 8.11. The van der Waals surface area contributed by atoms with Crippen LogP contribution in [0.25, 0.3) is 0 Å². The number of phenolic OH excluding ortho intramolecular Hbond substituents is 1. The minimum Gasteiger partial charge on any atom is -0.507 e. The Morgan fingerprint density at radius 2 is 2.00 bits per heavy atom. The number of nitrogens with one attached hydrogen (secondary N) is 1. The van der Waals surface area contributed by atoms with Crippen LogP contribution < -0.4 is 5.32 Å². The van der Waals surface area contributed by atoms with Crippen LogP contribution in [0.1, 0.15) is 36.8 Å². The topological polar surface area (TPSA) is 52.5 Å². The molecule has 1 fully saturated rings. The van der Waals surface area contributed by atoms with Gasteiger partial charge in [0.05, 0.1) is 5.60 Å². The van der Waals surface area contributed by atoms with E-state index in [-0.39, 0.29) is 0 Å². The fraction of sp³-hybridized carbons (Fsp3) is 0.571. The van der Waals surface area contributed by atoms with Crippen molar-refractivity contribution < 1.29 is 10.2 Å². The van der Waals surface area contributed by atoms with Crippen LogP contribution in [0.3, 0.4) is 0 Å². The van der Waals surface area contributed by atoms with Gasteiger partial charge in [0.15, 0.2) is 0 Å². The van der Waals surface area contributed by atoms with Crippen molar-refractivity contribution in [1.29, 1.82) is 0 Å². The summed E-state index contributed by atoms with van der Waals surface area (Å²) in [5, 5.41) is 23.3. The summed E-state index contributed by atoms with van der Waals surface area (Å²) in [7, 11) is 0. The molecule has 0 spiro atoms. The van der Waals surface area contributed by atoms with Gasteiger partial charge in [-0.3, -0.25) is 0 Å². The molecule has 1 aromatic carbocycles. The van der Waals surface area contributed by atoms with Gasteiger partial charge in [0.25, 0.3) is 0 Å². The molecule has 94 valence electrons. The van der Waals surface area contributed by atoms with E-state index in [0.29, 0.717) is 18.8 Å². The molecule has 0 atom stereocenters. The van der Waals surface area contributed by atoms with E-state index in [0.717, 1.165) is 36.8 Å². The zero-order valence-corrected chi connectivity index (χ0v) is 10.4. The van der Waals surface area contributed by atoms with Crippen LogP contribution in [0.5, 0.6) is 5.75 Å². The summed E-state index contributed by atoms with van der Waals surface area (Å²) in [5.74, 6) is 0.360. The highest BCUT2D eigenvalue weighted by Crippen LogP contribution is 2.29. The number of benzene rings is 1. The molecule has 2 rings (SSSR count). The lowest BCUT2D eigenvalue weighted by atomic mass is 10.0. The van der Waals surface area contributed by atoms with Gasteiger partial charge in [-0.1, -0.05) is 31.0 Å². The van der Waals surface area contributed by atoms with Gasteiger partial charge in [0.2, 0.25) is 0 Å². The Hall–Kier alpha value is -1.06. The minimum absolute atomic E-state index is 0.360. The maximum absolute atomic E-state index is 10.2. The number of aromatic hydroxyl groups is 1. The molecule has 3 nitrogen and oxygen atoms in total. The van der Waals surface area contributed by atoms with Crippen LogP contribution in [0.4, 0.5) is 0 Å². The van der Waals surface area contributed by atoms with E-state index in [9.17, 15) is 10.2 Å². The van der Waals surface area contributed by atoms with E-state index in [4.69, 9.17) is 0 Å². The van der Waals surface area contributed by atoms with Crippen LogP contribution in [-0.2, 0) is 6.54 Å². The van der Waals surface area contributed by atoms with Gasteiger partial charge in [-0.25, -0.2) is 0 Å². The fourth-order valence-corrected chi connectivity index (χ4v) is 2.50. The van der Waals surface area contributed by atoms with Crippen molar-refractivity contribution >= 4 is 0 Å². The van der Waals surface area contributed by atoms with E-state index in [1.54, 1.807) is 0 Å². The Morgan fingerprint density at radius 1 is 1.29 bits per heavy atom. The van der Waals surface area contributed by atoms with Crippen molar-refractivity contribution in [2.24, 2.45) is 0 Å². The number of hydrogen-bond donors (Lipinski definition) is 3. The molecule has 17 heavy (non-hydrogen) atoms. The molecule has 1 aliphatic rings. The molecule has 1 aliphatic carbocycles. The zero-order valence-electron chi connectivity index (χ0n) is 10.4. The molecule has 3 N–H and O–H groups in total. The molecule has 0 radical (unpaired) electrons. The molecule has 0 aromatic heterocycles. The first-order valence-electron chi connectivity index (χ1n) is 6.31. The molecule has 0 heterocycles. The molecule has 0 amide bonds. The quantitative estimate of drug-likeness (QED) is 0.749. The normalized spacial score (nSPS) is 18.5. The molecule has 0 unspecified atom stereocenters. The van der Waals surface area contributed by atoms with Crippen molar-refractivity contribution in [1.82, 2.24) is 5.32 Å². The van der Waals surface area contributed by atoms with E-state index < -0.39 is 5.60 Å². The molecule has 0 saturated heterocycles. The van der Waals surface area contributed by atoms with Gasteiger partial charge >= 0.3 is 0 Å². The first kappa shape index (κ1) is 12.4. The summed E-state index contributed by atoms with van der Waals surface area (Å²) in [6.07, 6.45) is 4.02. The first-order valence-corrected chi connectivity index (χ1v) is 6.31. The second-order valence-electron chi connectivity index (χ2n) is 5.12. The Kier molecular flexibility index (Phi) is 3.69. The predicted molar refractivity (Wildman–Crippen MR) is 68.0 cm³/mol. The van der Waals surface area contributed by atoms with Crippen LogP contribution in [-0.4, -0.2) is 22.4 Å². The Bertz CT molecular complexity index is 384. The van der Waals surface area contributed by atoms with Crippen LogP contribution >= 0.6 is 0 Å². The van der Waals surface area contributed by atoms with Crippen LogP contribution in [0.2, 0.25) is 0 Å². The highest BCUT2D eigenvalue weighted by atomic mass is 16.3. The third-order valence-corrected chi connectivity index (χ3v) is 3.63. The number of aryl methyl sites for hydroxylation is 1. The average molecular weight is 235 g/mol. The molecule has 3 heteroatoms. The van der Waals surface area contributed by atoms with E-state index in [1.807, 2.05) is 25.1 Å². The smallest absolute Gasteiger partial charge is 0.122 e. The number of para-hydroxylation sites is 1. The second-order valence-corrected chi connectivity index (χ2v) is 5.12. The van der Waals surface area contributed by atoms with Crippen molar-refractivity contribution in [3.63, 3.8) is 0 Å². The largest absolute Gasteiger partial charge is 0.507 e. The third-order valence-electron chi connectivity index (χ3n) is 3.63. The minimum atomic E-state index is -0.528. The monoisotopic (exact) mass is 235 g/mol. The van der Waals surface area contributed by atoms with Crippen molar-refractivity contribution in [2.75, 3.05) is 6.54 Å². The van der Waals surface area contributed by atoms with E-state index in [1.165, 1.54) is 0 Å². The summed E-state index contributed by atoms with van der Waals surface area (Å²) in [6, 6.07) is 5.74. The maximum atomic E-state index is 10.2. The molecule has 1 aromatic rings. The molecule has 1 saturated carbocycles. The lowest BCUT2D eigenvalue weighted by Gasteiger charge is -2.22. The summed E-state index contributed by atoms with van der Waals surface area (Å²) in [5.41, 5.74) is 1.26. The summed E-state index contributed by atoms with van der Waals surface area (Å²) >= 11 is 0. The van der Waals surface area contributed by atoms with Gasteiger partial charge in [-0.15, -0.1) is 0 Å². The molecule has 0 aliphatic heterocycles. The molecule has 0 bridgehead atoms. The van der Waals surface area contributed by atoms with Crippen molar-refractivity contribution in [3.05, 3.63) is 29.3 Å². The fourth-order valence-electron chi connectivity index (χ4n) is 2.50. The van der Waals surface area contributed by atoms with Crippen molar-refractivity contribution in [2.45, 2.75) is 44.8 Å². The summed E-state index contributed by atoms with van der Waals surface area (Å²) < 4.78 is 0. The maximum Gasteiger partial charge on any atom is 0.122 e. The van der Waals surface area contributed by atoms with Gasteiger partial charge in [-0.05, 0) is 25.3 Å². The summed E-state index contributed by atoms with van der Waals surface area (Å²) in [4.78, 5) is 0. The SMILES string of the molecule is Cc1cccc(CNCC2(O)CCCC2)c1O. The summed E-state index contributed by atoms with van der Waals surface area (Å²) in [6.45, 7) is 3.11. The van der Waals surface area contributed by atoms with Crippen molar-refractivity contribution in [3.8, 4) is 5.75 Å². The number of rotatable bonds is 4. The van der Waals surface area contributed by atoms with Gasteiger partial charge in [0, 0.05) is 18.7 Å². The number of aliphatic hydroxyl groups is 1. The highest BCUT2D eigenvalue weighted by molar-refractivity contribution is 5.39. The van der Waals surface area contributed by atoms with Gasteiger partial charge in [-0.2, -0.15) is 0 Å². The zero-order chi connectivity index (χ0) is 12.3. The van der Waals surface area contributed by atoms with E-state index >= 15 is 0 Å². The van der Waals surface area contributed by atoms with Gasteiger partial charge < -0.3 is 15.5 Å². The highest BCUT2D eigenvalue weighted by Gasteiger charge is 2.30. The Balaban J connectivity index is 1.88. The lowest BCUT2D eigenvalue weighted by molar-refractivity contribution is 0.0474. The Morgan fingerprint density at radius 3 is 2.71 bits per heavy atom.